The molecule has 4 nitrogen and oxygen atoms in total. The van der Waals surface area contributed by atoms with Crippen molar-refractivity contribution in [1.29, 1.82) is 0 Å². The van der Waals surface area contributed by atoms with Crippen molar-refractivity contribution in [3.8, 4) is 0 Å². The minimum absolute atomic E-state index is 0. The highest BCUT2D eigenvalue weighted by Gasteiger charge is 2.32. The summed E-state index contributed by atoms with van der Waals surface area (Å²) in [5, 5.41) is 6.43. The van der Waals surface area contributed by atoms with Gasteiger partial charge < -0.3 is 15.4 Å². The molecule has 1 fully saturated rings. The van der Waals surface area contributed by atoms with E-state index in [1.165, 1.54) is 0 Å². The molecular formula is C12H25ClN2O2S. The van der Waals surface area contributed by atoms with Crippen LogP contribution in [0.2, 0.25) is 0 Å². The van der Waals surface area contributed by atoms with Crippen LogP contribution in [0, 0.1) is 5.41 Å². The Morgan fingerprint density at radius 2 is 2.11 bits per heavy atom. The Hall–Kier alpha value is 0.0300. The summed E-state index contributed by atoms with van der Waals surface area (Å²) in [5.41, 5.74) is 0.119. The van der Waals surface area contributed by atoms with Gasteiger partial charge in [0.05, 0.1) is 11.9 Å². The molecular weight excluding hydrogens is 272 g/mol. The number of rotatable bonds is 6. The van der Waals surface area contributed by atoms with Crippen molar-refractivity contribution in [3.63, 3.8) is 0 Å². The number of halogens is 1. The first-order chi connectivity index (χ1) is 8.13. The maximum Gasteiger partial charge on any atom is 0.232 e. The van der Waals surface area contributed by atoms with Gasteiger partial charge in [0, 0.05) is 19.1 Å². The summed E-state index contributed by atoms with van der Waals surface area (Å²) in [5.74, 6) is 0.131. The van der Waals surface area contributed by atoms with Crippen LogP contribution in [-0.4, -0.2) is 50.8 Å². The molecule has 2 N–H and O–H groups in total. The largest absolute Gasteiger partial charge is 0.384 e. The highest BCUT2D eigenvalue weighted by atomic mass is 35.5. The van der Waals surface area contributed by atoms with Crippen LogP contribution in [0.15, 0.2) is 0 Å². The van der Waals surface area contributed by atoms with Gasteiger partial charge in [0.1, 0.15) is 0 Å². The van der Waals surface area contributed by atoms with Gasteiger partial charge in [-0.05, 0) is 39.1 Å². The van der Waals surface area contributed by atoms with E-state index in [1.54, 1.807) is 18.9 Å². The van der Waals surface area contributed by atoms with E-state index >= 15 is 0 Å². The van der Waals surface area contributed by atoms with Gasteiger partial charge in [-0.25, -0.2) is 0 Å². The predicted molar refractivity (Wildman–Crippen MR) is 79.6 cm³/mol. The lowest BCUT2D eigenvalue weighted by atomic mass is 9.79. The molecule has 0 aliphatic carbocycles. The second kappa shape index (κ2) is 9.02. The van der Waals surface area contributed by atoms with Gasteiger partial charge in [-0.3, -0.25) is 4.79 Å². The van der Waals surface area contributed by atoms with Crippen LogP contribution in [-0.2, 0) is 9.53 Å². The van der Waals surface area contributed by atoms with Gasteiger partial charge in [0.2, 0.25) is 5.91 Å². The van der Waals surface area contributed by atoms with E-state index in [0.29, 0.717) is 0 Å². The Kier molecular flexibility index (Phi) is 9.03. The zero-order chi connectivity index (χ0) is 12.7. The molecule has 0 saturated carbocycles. The molecule has 108 valence electrons. The fourth-order valence-electron chi connectivity index (χ4n) is 2.16. The summed E-state index contributed by atoms with van der Waals surface area (Å²) >= 11 is 1.58. The molecule has 1 atom stereocenters. The molecule has 0 aromatic carbocycles. The quantitative estimate of drug-likeness (QED) is 0.776. The molecule has 0 spiro atoms. The lowest BCUT2D eigenvalue weighted by molar-refractivity contribution is -0.121. The number of thioether (sulfide) groups is 1. The second-order valence-electron chi connectivity index (χ2n) is 4.78. The number of amides is 1. The molecule has 0 aromatic rings. The van der Waals surface area contributed by atoms with Crippen LogP contribution in [0.3, 0.4) is 0 Å². The molecule has 1 unspecified atom stereocenters. The molecule has 0 radical (unpaired) electrons. The topological polar surface area (TPSA) is 50.4 Å². The van der Waals surface area contributed by atoms with Gasteiger partial charge in [0.15, 0.2) is 0 Å². The molecule has 1 rings (SSSR count). The van der Waals surface area contributed by atoms with Crippen LogP contribution in [0.4, 0.5) is 0 Å². The zero-order valence-corrected chi connectivity index (χ0v) is 13.1. The Morgan fingerprint density at radius 1 is 1.50 bits per heavy atom. The lowest BCUT2D eigenvalue weighted by Gasteiger charge is -2.37. The average molecular weight is 297 g/mol. The number of carbonyl (C=O) groups is 1. The Balaban J connectivity index is 0.00000289. The van der Waals surface area contributed by atoms with Crippen molar-refractivity contribution in [2.24, 2.45) is 5.41 Å². The van der Waals surface area contributed by atoms with Crippen molar-refractivity contribution < 1.29 is 9.53 Å². The van der Waals surface area contributed by atoms with Gasteiger partial charge in [0.25, 0.3) is 0 Å². The number of piperidine rings is 1. The fourth-order valence-corrected chi connectivity index (χ4v) is 2.46. The summed E-state index contributed by atoms with van der Waals surface area (Å²) in [6, 6.07) is 0. The third-order valence-electron chi connectivity index (χ3n) is 3.48. The Bertz CT molecular complexity index is 243. The van der Waals surface area contributed by atoms with E-state index in [0.717, 1.165) is 39.1 Å². The van der Waals surface area contributed by atoms with Crippen LogP contribution < -0.4 is 10.6 Å². The van der Waals surface area contributed by atoms with Crippen LogP contribution in [0.1, 0.15) is 19.8 Å². The SMILES string of the molecule is COCC1(CNC(=O)C(C)SC)CCNCC1.Cl. The lowest BCUT2D eigenvalue weighted by Crippen LogP contribution is -2.48. The maximum atomic E-state index is 11.8. The second-order valence-corrected chi connectivity index (χ2v) is 5.96. The van der Waals surface area contributed by atoms with Crippen molar-refractivity contribution >= 4 is 30.1 Å². The first kappa shape index (κ1) is 18.0. The van der Waals surface area contributed by atoms with E-state index < -0.39 is 0 Å². The minimum Gasteiger partial charge on any atom is -0.384 e. The van der Waals surface area contributed by atoms with Gasteiger partial charge in [-0.2, -0.15) is 11.8 Å². The Morgan fingerprint density at radius 3 is 2.61 bits per heavy atom. The Labute approximate surface area is 120 Å². The molecule has 6 heteroatoms. The van der Waals surface area contributed by atoms with Gasteiger partial charge in [-0.1, -0.05) is 0 Å². The molecule has 1 aliphatic rings. The number of hydrogen-bond acceptors (Lipinski definition) is 4. The predicted octanol–water partition coefficient (Wildman–Crippen LogP) is 1.29. The van der Waals surface area contributed by atoms with Crippen molar-refractivity contribution in [2.45, 2.75) is 25.0 Å². The fraction of sp³-hybridized carbons (Fsp3) is 0.917. The van der Waals surface area contributed by atoms with E-state index in [-0.39, 0.29) is 29.0 Å². The first-order valence-corrected chi connectivity index (χ1v) is 7.42. The zero-order valence-electron chi connectivity index (χ0n) is 11.5. The number of ether oxygens (including phenoxy) is 1. The minimum atomic E-state index is 0. The normalized spacial score (nSPS) is 19.7. The van der Waals surface area contributed by atoms with Crippen molar-refractivity contribution in [3.05, 3.63) is 0 Å². The molecule has 1 heterocycles. The summed E-state index contributed by atoms with van der Waals surface area (Å²) in [7, 11) is 1.73. The van der Waals surface area contributed by atoms with Crippen molar-refractivity contribution in [1.82, 2.24) is 10.6 Å². The molecule has 0 aromatic heterocycles. The van der Waals surface area contributed by atoms with E-state index in [2.05, 4.69) is 10.6 Å². The number of methoxy groups -OCH3 is 1. The smallest absolute Gasteiger partial charge is 0.232 e. The van der Waals surface area contributed by atoms with E-state index in [1.807, 2.05) is 13.2 Å². The summed E-state index contributed by atoms with van der Waals surface area (Å²) in [6.45, 7) is 5.41. The molecule has 1 aliphatic heterocycles. The number of nitrogens with one attached hydrogen (secondary N) is 2. The van der Waals surface area contributed by atoms with E-state index in [9.17, 15) is 4.79 Å². The first-order valence-electron chi connectivity index (χ1n) is 6.14. The van der Waals surface area contributed by atoms with Crippen molar-refractivity contribution in [2.75, 3.05) is 39.6 Å². The average Bonchev–Trinajstić information content (AvgIpc) is 2.36. The van der Waals surface area contributed by atoms with E-state index in [4.69, 9.17) is 4.74 Å². The molecule has 1 saturated heterocycles. The van der Waals surface area contributed by atoms with Gasteiger partial charge in [-0.15, -0.1) is 12.4 Å². The van der Waals surface area contributed by atoms with Crippen LogP contribution in [0.25, 0.3) is 0 Å². The third kappa shape index (κ3) is 5.34. The highest BCUT2D eigenvalue weighted by Crippen LogP contribution is 2.28. The highest BCUT2D eigenvalue weighted by molar-refractivity contribution is 7.99. The third-order valence-corrected chi connectivity index (χ3v) is 4.40. The van der Waals surface area contributed by atoms with Crippen LogP contribution in [0.5, 0.6) is 0 Å². The molecule has 1 amide bonds. The summed E-state index contributed by atoms with van der Waals surface area (Å²) in [6.07, 6.45) is 4.09. The maximum absolute atomic E-state index is 11.8. The molecule has 18 heavy (non-hydrogen) atoms. The summed E-state index contributed by atoms with van der Waals surface area (Å²) in [4.78, 5) is 11.8. The monoisotopic (exact) mass is 296 g/mol. The summed E-state index contributed by atoms with van der Waals surface area (Å²) < 4.78 is 5.32. The van der Waals surface area contributed by atoms with Gasteiger partial charge >= 0.3 is 0 Å². The standard InChI is InChI=1S/C12H24N2O2S.ClH/c1-10(17-3)11(15)14-8-12(9-16-2)4-6-13-7-5-12;/h10,13H,4-9H2,1-3H3,(H,14,15);1H. The number of carbonyl (C=O) groups excluding carboxylic acids is 1. The van der Waals surface area contributed by atoms with Crippen LogP contribution >= 0.6 is 24.2 Å². The number of hydrogen-bond donors (Lipinski definition) is 2. The molecule has 0 bridgehead atoms.